The zero-order valence-electron chi connectivity index (χ0n) is 21.7. The van der Waals surface area contributed by atoms with Gasteiger partial charge in [-0.05, 0) is 11.5 Å². The Morgan fingerprint density at radius 1 is 0.821 bits per heavy atom. The molecule has 0 N–H and O–H groups in total. The maximum absolute atomic E-state index is 4.55. The van der Waals surface area contributed by atoms with Crippen LogP contribution in [0.2, 0.25) is 13.1 Å². The number of benzene rings is 4. The molecule has 192 valence electrons. The molecule has 0 spiro atoms. The van der Waals surface area contributed by atoms with E-state index in [2.05, 4.69) is 119 Å². The third kappa shape index (κ3) is 4.04. The molecule has 39 heavy (non-hydrogen) atoms. The van der Waals surface area contributed by atoms with E-state index in [1.165, 1.54) is 26.7 Å². The summed E-state index contributed by atoms with van der Waals surface area (Å²) in [6.45, 7) is 4.73. The number of hydrogen-bond donors (Lipinski definition) is 0. The molecule has 0 radical (unpaired) electrons. The Morgan fingerprint density at radius 3 is 2.44 bits per heavy atom. The van der Waals surface area contributed by atoms with Crippen molar-refractivity contribution in [3.05, 3.63) is 109 Å². The number of fused-ring (bicyclic) bond motifs is 4. The Morgan fingerprint density at radius 2 is 1.62 bits per heavy atom. The average Bonchev–Trinajstić information content (AvgIpc) is 3.48. The first-order valence-electron chi connectivity index (χ1n) is 12.6. The minimum atomic E-state index is -2.15. The predicted molar refractivity (Wildman–Crippen MR) is 155 cm³/mol. The zero-order chi connectivity index (χ0) is 25.9. The van der Waals surface area contributed by atoms with Crippen LogP contribution in [0.4, 0.5) is 17.3 Å². The van der Waals surface area contributed by atoms with Crippen LogP contribution >= 0.6 is 0 Å². The van der Waals surface area contributed by atoms with E-state index >= 15 is 0 Å². The second kappa shape index (κ2) is 9.66. The van der Waals surface area contributed by atoms with Crippen molar-refractivity contribution in [2.75, 3.05) is 7.05 Å². The first-order chi connectivity index (χ1) is 18.5. The summed E-state index contributed by atoms with van der Waals surface area (Å²) in [5, 5.41) is 4.91. The van der Waals surface area contributed by atoms with Gasteiger partial charge in [0.25, 0.3) is 0 Å². The molecule has 0 fully saturated rings. The third-order valence-electron chi connectivity index (χ3n) is 7.35. The van der Waals surface area contributed by atoms with E-state index in [-0.39, 0.29) is 21.1 Å². The molecule has 0 atom stereocenters. The molecule has 2 aromatic heterocycles. The molecule has 1 aliphatic rings. The topological polar surface area (TPSA) is 36.7 Å². The zero-order valence-corrected chi connectivity index (χ0v) is 25.0. The van der Waals surface area contributed by atoms with Crippen LogP contribution in [0, 0.1) is 18.2 Å². The van der Waals surface area contributed by atoms with Crippen molar-refractivity contribution in [1.82, 2.24) is 19.1 Å². The SMILES string of the molecule is C[N+]1=C=[N+](c2[c-]c([Si](C)(C)c3[c-]cc4c(c3)c3ccccc3n4-c3[c-]cccc3)ccc2)c2nccnc21.[Pt]. The monoisotopic (exact) mass is 701 g/mol. The van der Waals surface area contributed by atoms with E-state index < -0.39 is 8.07 Å². The summed E-state index contributed by atoms with van der Waals surface area (Å²) < 4.78 is 6.08. The Balaban J connectivity index is 0.00000277. The molecule has 3 heterocycles. The van der Waals surface area contributed by atoms with E-state index in [1.807, 2.05) is 28.3 Å². The number of nitrogens with zero attached hydrogens (tertiary/aromatic N) is 5. The van der Waals surface area contributed by atoms with Gasteiger partial charge in [0.05, 0.1) is 20.0 Å². The number of aromatic nitrogens is 3. The van der Waals surface area contributed by atoms with Crippen LogP contribution in [0.25, 0.3) is 27.5 Å². The van der Waals surface area contributed by atoms with E-state index in [0.717, 1.165) is 28.5 Å². The van der Waals surface area contributed by atoms with Gasteiger partial charge in [-0.3, -0.25) is 0 Å². The molecule has 0 bridgehead atoms. The Labute approximate surface area is 242 Å². The fourth-order valence-electron chi connectivity index (χ4n) is 5.28. The maximum Gasteiger partial charge on any atom is 0.474 e. The van der Waals surface area contributed by atoms with E-state index in [9.17, 15) is 0 Å². The standard InChI is InChI=1S/C32H24N5Si.Pt/c1-35-22-36(32-31(35)33-18-19-34-32)24-12-9-13-25(20-24)38(2,3)26-16-17-30-28(21-26)27-14-7-8-15-29(27)37(30)23-10-5-4-6-11-23;/h4-10,12-15,17-19,21H,1-3H3;/q-1;. The van der Waals surface area contributed by atoms with Crippen LogP contribution < -0.4 is 14.9 Å². The quantitative estimate of drug-likeness (QED) is 0.146. The molecular formula is C32H24N5PtSi-. The molecule has 1 aliphatic heterocycles. The van der Waals surface area contributed by atoms with Gasteiger partial charge in [-0.1, -0.05) is 42.5 Å². The van der Waals surface area contributed by atoms with Crippen LogP contribution in [-0.4, -0.2) is 40.2 Å². The minimum Gasteiger partial charge on any atom is -0.387 e. The van der Waals surface area contributed by atoms with Crippen molar-refractivity contribution >= 4 is 63.6 Å². The van der Waals surface area contributed by atoms with E-state index in [4.69, 9.17) is 0 Å². The van der Waals surface area contributed by atoms with Gasteiger partial charge >= 0.3 is 17.6 Å². The van der Waals surface area contributed by atoms with Crippen LogP contribution in [0.3, 0.4) is 0 Å². The van der Waals surface area contributed by atoms with Crippen molar-refractivity contribution in [3.8, 4) is 5.69 Å². The Kier molecular flexibility index (Phi) is 6.27. The molecule has 0 saturated carbocycles. The van der Waals surface area contributed by atoms with Crippen molar-refractivity contribution in [1.29, 1.82) is 0 Å². The summed E-state index contributed by atoms with van der Waals surface area (Å²) in [6, 6.07) is 41.6. The molecule has 6 aromatic rings. The second-order valence-corrected chi connectivity index (χ2v) is 14.3. The normalized spacial score (nSPS) is 12.7. The van der Waals surface area contributed by atoms with Crippen molar-refractivity contribution in [2.24, 2.45) is 0 Å². The smallest absolute Gasteiger partial charge is 0.387 e. The molecule has 4 aromatic carbocycles. The number of hydrogen-bond acceptors (Lipinski definition) is 2. The van der Waals surface area contributed by atoms with Crippen LogP contribution in [0.1, 0.15) is 0 Å². The molecule has 7 heteroatoms. The molecule has 7 rings (SSSR count). The Bertz CT molecular complexity index is 1950. The predicted octanol–water partition coefficient (Wildman–Crippen LogP) is 5.09. The van der Waals surface area contributed by atoms with Crippen molar-refractivity contribution < 1.29 is 25.6 Å². The van der Waals surface area contributed by atoms with Gasteiger partial charge in [-0.15, -0.1) is 32.7 Å². The second-order valence-electron chi connectivity index (χ2n) is 10.0. The first kappa shape index (κ1) is 25.3. The van der Waals surface area contributed by atoms with E-state index in [1.54, 1.807) is 12.4 Å². The third-order valence-corrected chi connectivity index (χ3v) is 10.6. The summed E-state index contributed by atoms with van der Waals surface area (Å²) in [5.41, 5.74) is 4.25. The van der Waals surface area contributed by atoms with Gasteiger partial charge in [0.1, 0.15) is 7.05 Å². The van der Waals surface area contributed by atoms with Gasteiger partial charge in [0, 0.05) is 31.6 Å². The average molecular weight is 702 g/mol. The summed E-state index contributed by atoms with van der Waals surface area (Å²) in [7, 11) is -0.219. The molecule has 0 amide bonds. The van der Waals surface area contributed by atoms with Gasteiger partial charge in [0.15, 0.2) is 6.20 Å². The van der Waals surface area contributed by atoms with E-state index in [0.29, 0.717) is 0 Å². The fraction of sp³-hybridized carbons (Fsp3) is 0.0938. The maximum atomic E-state index is 4.55. The van der Waals surface area contributed by atoms with Crippen molar-refractivity contribution in [3.63, 3.8) is 0 Å². The van der Waals surface area contributed by atoms with Crippen molar-refractivity contribution in [2.45, 2.75) is 13.1 Å². The van der Waals surface area contributed by atoms with Crippen LogP contribution in [-0.2, 0) is 21.1 Å². The fourth-order valence-corrected chi connectivity index (χ4v) is 7.46. The summed E-state index contributed by atoms with van der Waals surface area (Å²) in [5.74, 6) is 1.55. The molecular weight excluding hydrogens is 678 g/mol. The minimum absolute atomic E-state index is 0. The van der Waals surface area contributed by atoms with Crippen LogP contribution in [0.15, 0.2) is 91.3 Å². The number of para-hydroxylation sites is 2. The summed E-state index contributed by atoms with van der Waals surface area (Å²) in [6.07, 6.45) is 3.42. The molecule has 0 unspecified atom stereocenters. The molecule has 5 nitrogen and oxygen atoms in total. The molecule has 0 aliphatic carbocycles. The molecule has 0 saturated heterocycles. The van der Waals surface area contributed by atoms with Crippen LogP contribution in [0.5, 0.6) is 0 Å². The summed E-state index contributed by atoms with van der Waals surface area (Å²) >= 11 is 0. The van der Waals surface area contributed by atoms with Gasteiger partial charge in [-0.25, -0.2) is 0 Å². The Hall–Kier alpha value is -3.95. The largest absolute Gasteiger partial charge is 0.474 e. The summed E-state index contributed by atoms with van der Waals surface area (Å²) in [4.78, 5) is 9.00. The first-order valence-corrected chi connectivity index (χ1v) is 15.6. The van der Waals surface area contributed by atoms with Gasteiger partial charge in [-0.2, -0.15) is 70.0 Å². The number of rotatable bonds is 4. The van der Waals surface area contributed by atoms with Gasteiger partial charge in [0.2, 0.25) is 0 Å². The van der Waals surface area contributed by atoms with Gasteiger partial charge < -0.3 is 4.57 Å².